The third-order valence-electron chi connectivity index (χ3n) is 4.31. The molecule has 7 heteroatoms. The third-order valence-corrected chi connectivity index (χ3v) is 4.31. The number of nitrogens with one attached hydrogen (secondary N) is 1. The molecule has 132 valence electrons. The molecular weight excluding hydrogens is 330 g/mol. The third kappa shape index (κ3) is 4.05. The largest absolute Gasteiger partial charge is 0.336 e. The fourth-order valence-corrected chi connectivity index (χ4v) is 2.70. The lowest BCUT2D eigenvalue weighted by atomic mass is 10.1. The van der Waals surface area contributed by atoms with Crippen LogP contribution in [0, 0.1) is 11.3 Å². The van der Waals surface area contributed by atoms with Crippen LogP contribution < -0.4 is 5.32 Å². The minimum atomic E-state index is -0.352. The second-order valence-electron chi connectivity index (χ2n) is 6.20. The zero-order valence-corrected chi connectivity index (χ0v) is 14.5. The summed E-state index contributed by atoms with van der Waals surface area (Å²) < 4.78 is 0. The summed E-state index contributed by atoms with van der Waals surface area (Å²) in [6.45, 7) is 2.99. The van der Waals surface area contributed by atoms with Crippen LogP contribution in [0.1, 0.15) is 26.3 Å². The van der Waals surface area contributed by atoms with Crippen molar-refractivity contribution >= 4 is 17.5 Å². The molecule has 0 bridgehead atoms. The van der Waals surface area contributed by atoms with Crippen molar-refractivity contribution in [3.05, 3.63) is 59.4 Å². The number of piperazine rings is 1. The molecule has 0 aliphatic carbocycles. The molecule has 1 aliphatic rings. The Morgan fingerprint density at radius 3 is 2.38 bits per heavy atom. The van der Waals surface area contributed by atoms with E-state index in [9.17, 15) is 9.59 Å². The van der Waals surface area contributed by atoms with Crippen LogP contribution in [0.3, 0.4) is 0 Å². The van der Waals surface area contributed by atoms with Gasteiger partial charge in [0.2, 0.25) is 0 Å². The molecule has 1 saturated heterocycles. The van der Waals surface area contributed by atoms with Crippen LogP contribution in [0.4, 0.5) is 5.69 Å². The van der Waals surface area contributed by atoms with Crippen molar-refractivity contribution in [3.8, 4) is 6.07 Å². The van der Waals surface area contributed by atoms with Crippen LogP contribution >= 0.6 is 0 Å². The maximum absolute atomic E-state index is 12.6. The van der Waals surface area contributed by atoms with Crippen molar-refractivity contribution in [3.63, 3.8) is 0 Å². The van der Waals surface area contributed by atoms with E-state index in [0.717, 1.165) is 13.1 Å². The minimum absolute atomic E-state index is 0.112. The molecule has 0 atom stereocenters. The number of rotatable bonds is 3. The van der Waals surface area contributed by atoms with Crippen LogP contribution in [-0.4, -0.2) is 59.8 Å². The van der Waals surface area contributed by atoms with Gasteiger partial charge >= 0.3 is 0 Å². The number of hydrogen-bond donors (Lipinski definition) is 1. The normalized spacial score (nSPS) is 14.5. The first-order valence-corrected chi connectivity index (χ1v) is 8.31. The van der Waals surface area contributed by atoms with E-state index in [1.165, 1.54) is 12.4 Å². The molecule has 0 unspecified atom stereocenters. The average Bonchev–Trinajstić information content (AvgIpc) is 2.68. The molecule has 1 aromatic heterocycles. The number of carbonyl (C=O) groups excluding carboxylic acids is 2. The van der Waals surface area contributed by atoms with Gasteiger partial charge in [-0.15, -0.1) is 0 Å². The van der Waals surface area contributed by atoms with Crippen molar-refractivity contribution in [1.82, 2.24) is 14.8 Å². The van der Waals surface area contributed by atoms with Crippen molar-refractivity contribution < 1.29 is 9.59 Å². The summed E-state index contributed by atoms with van der Waals surface area (Å²) in [5, 5.41) is 11.5. The summed E-state index contributed by atoms with van der Waals surface area (Å²) in [6.07, 6.45) is 2.92. The van der Waals surface area contributed by atoms with Gasteiger partial charge in [-0.2, -0.15) is 5.26 Å². The molecule has 2 aromatic rings. The van der Waals surface area contributed by atoms with Gasteiger partial charge in [0, 0.05) is 44.3 Å². The van der Waals surface area contributed by atoms with Crippen LogP contribution in [0.5, 0.6) is 0 Å². The van der Waals surface area contributed by atoms with E-state index in [2.05, 4.69) is 15.2 Å². The Bertz CT molecular complexity index is 849. The zero-order valence-electron chi connectivity index (χ0n) is 14.5. The predicted octanol–water partition coefficient (Wildman–Crippen LogP) is 1.59. The number of hydrogen-bond acceptors (Lipinski definition) is 5. The molecule has 7 nitrogen and oxygen atoms in total. The Morgan fingerprint density at radius 2 is 1.73 bits per heavy atom. The van der Waals surface area contributed by atoms with Crippen molar-refractivity contribution in [2.45, 2.75) is 0 Å². The minimum Gasteiger partial charge on any atom is -0.336 e. The fourth-order valence-electron chi connectivity index (χ4n) is 2.70. The molecule has 0 spiro atoms. The summed E-state index contributed by atoms with van der Waals surface area (Å²) in [5.74, 6) is -0.464. The summed E-state index contributed by atoms with van der Waals surface area (Å²) in [5.41, 5.74) is 1.81. The van der Waals surface area contributed by atoms with Gasteiger partial charge < -0.3 is 15.1 Å². The fraction of sp³-hybridized carbons (Fsp3) is 0.263. The van der Waals surface area contributed by atoms with E-state index in [1.807, 2.05) is 13.1 Å². The molecular formula is C19H19N5O2. The lowest BCUT2D eigenvalue weighted by Crippen LogP contribution is -2.47. The molecule has 26 heavy (non-hydrogen) atoms. The van der Waals surface area contributed by atoms with E-state index in [4.69, 9.17) is 5.26 Å². The first-order valence-electron chi connectivity index (χ1n) is 8.31. The van der Waals surface area contributed by atoms with Crippen LogP contribution in [0.15, 0.2) is 42.7 Å². The van der Waals surface area contributed by atoms with E-state index in [1.54, 1.807) is 35.2 Å². The molecule has 2 heterocycles. The summed E-state index contributed by atoms with van der Waals surface area (Å²) in [4.78, 5) is 33.0. The number of amides is 2. The van der Waals surface area contributed by atoms with Gasteiger partial charge in [-0.05, 0) is 37.4 Å². The van der Waals surface area contributed by atoms with E-state index in [-0.39, 0.29) is 11.8 Å². The molecule has 3 rings (SSSR count). The Kier molecular flexibility index (Phi) is 5.25. The highest BCUT2D eigenvalue weighted by atomic mass is 16.2. The standard InChI is InChI=1S/C19H19N5O2/c1-23-6-8-24(9-7-23)19(26)16-10-15(12-21-13-16)18(25)22-17-4-2-14(11-20)3-5-17/h2-5,10,12-13H,6-9H2,1H3,(H,22,25). The van der Waals surface area contributed by atoms with Gasteiger partial charge in [0.25, 0.3) is 11.8 Å². The molecule has 1 aliphatic heterocycles. The Labute approximate surface area is 151 Å². The number of nitriles is 1. The second kappa shape index (κ2) is 7.76. The highest BCUT2D eigenvalue weighted by Crippen LogP contribution is 2.13. The first-order chi connectivity index (χ1) is 12.6. The van der Waals surface area contributed by atoms with Gasteiger partial charge in [-0.3, -0.25) is 14.6 Å². The molecule has 0 radical (unpaired) electrons. The highest BCUT2D eigenvalue weighted by Gasteiger charge is 2.21. The number of nitrogens with zero attached hydrogens (tertiary/aromatic N) is 4. The molecule has 0 saturated carbocycles. The first kappa shape index (κ1) is 17.6. The van der Waals surface area contributed by atoms with Crippen molar-refractivity contribution in [1.29, 1.82) is 5.26 Å². The van der Waals surface area contributed by atoms with E-state index in [0.29, 0.717) is 35.5 Å². The van der Waals surface area contributed by atoms with Crippen LogP contribution in [-0.2, 0) is 0 Å². The topological polar surface area (TPSA) is 89.3 Å². The van der Waals surface area contributed by atoms with Crippen molar-refractivity contribution in [2.24, 2.45) is 0 Å². The lowest BCUT2D eigenvalue weighted by molar-refractivity contribution is 0.0663. The zero-order chi connectivity index (χ0) is 18.5. The van der Waals surface area contributed by atoms with Crippen molar-refractivity contribution in [2.75, 3.05) is 38.5 Å². The number of aromatic nitrogens is 1. The predicted molar refractivity (Wildman–Crippen MR) is 96.7 cm³/mol. The summed E-state index contributed by atoms with van der Waals surface area (Å²) in [6, 6.07) is 10.2. The molecule has 1 fully saturated rings. The van der Waals surface area contributed by atoms with Gasteiger partial charge in [0.1, 0.15) is 0 Å². The SMILES string of the molecule is CN1CCN(C(=O)c2cncc(C(=O)Nc3ccc(C#N)cc3)c2)CC1. The number of anilines is 1. The number of likely N-dealkylation sites (N-methyl/N-ethyl adjacent to an activating group) is 1. The Morgan fingerprint density at radius 1 is 1.08 bits per heavy atom. The monoisotopic (exact) mass is 349 g/mol. The van der Waals surface area contributed by atoms with Crippen LogP contribution in [0.2, 0.25) is 0 Å². The average molecular weight is 349 g/mol. The lowest BCUT2D eigenvalue weighted by Gasteiger charge is -2.32. The van der Waals surface area contributed by atoms with Gasteiger partial charge in [-0.25, -0.2) is 0 Å². The van der Waals surface area contributed by atoms with Gasteiger partial charge in [0.15, 0.2) is 0 Å². The number of pyridine rings is 1. The van der Waals surface area contributed by atoms with Gasteiger partial charge in [0.05, 0.1) is 22.8 Å². The number of carbonyl (C=O) groups is 2. The molecule has 1 aromatic carbocycles. The molecule has 2 amide bonds. The summed E-state index contributed by atoms with van der Waals surface area (Å²) in [7, 11) is 2.03. The van der Waals surface area contributed by atoms with E-state index < -0.39 is 0 Å². The Hall–Kier alpha value is -3.24. The van der Waals surface area contributed by atoms with Crippen LogP contribution in [0.25, 0.3) is 0 Å². The molecule has 1 N–H and O–H groups in total. The smallest absolute Gasteiger partial charge is 0.257 e. The van der Waals surface area contributed by atoms with E-state index >= 15 is 0 Å². The second-order valence-corrected chi connectivity index (χ2v) is 6.20. The van der Waals surface area contributed by atoms with Gasteiger partial charge in [-0.1, -0.05) is 0 Å². The Balaban J connectivity index is 1.70. The highest BCUT2D eigenvalue weighted by molar-refractivity contribution is 6.05. The maximum Gasteiger partial charge on any atom is 0.257 e. The number of benzene rings is 1. The maximum atomic E-state index is 12.6. The summed E-state index contributed by atoms with van der Waals surface area (Å²) >= 11 is 0. The quantitative estimate of drug-likeness (QED) is 0.909.